The number of fused-ring (bicyclic) bond motifs is 1. The normalized spacial score (nSPS) is 14.0. The second-order valence-corrected chi connectivity index (χ2v) is 7.44. The van der Waals surface area contributed by atoms with Crippen LogP contribution < -0.4 is 5.69 Å². The molecule has 0 N–H and O–H groups in total. The van der Waals surface area contributed by atoms with Gasteiger partial charge in [0.05, 0.1) is 5.56 Å². The van der Waals surface area contributed by atoms with Crippen molar-refractivity contribution in [3.05, 3.63) is 58.6 Å². The van der Waals surface area contributed by atoms with Crippen LogP contribution in [-0.4, -0.2) is 48.2 Å². The van der Waals surface area contributed by atoms with Crippen LogP contribution in [0.15, 0.2) is 51.9 Å². The summed E-state index contributed by atoms with van der Waals surface area (Å²) in [6.45, 7) is 3.37. The number of rotatable bonds is 4. The molecule has 9 nitrogen and oxygen atoms in total. The molecule has 4 aromatic rings. The van der Waals surface area contributed by atoms with Crippen LogP contribution in [-0.2, 0) is 11.3 Å². The van der Waals surface area contributed by atoms with E-state index < -0.39 is 0 Å². The van der Waals surface area contributed by atoms with Gasteiger partial charge in [-0.2, -0.15) is 4.98 Å². The zero-order valence-corrected chi connectivity index (χ0v) is 16.5. The first kappa shape index (κ1) is 18.3. The summed E-state index contributed by atoms with van der Waals surface area (Å²) in [5.41, 5.74) is 2.47. The highest BCUT2D eigenvalue weighted by Crippen LogP contribution is 2.25. The third kappa shape index (κ3) is 3.18. The predicted molar refractivity (Wildman–Crippen MR) is 109 cm³/mol. The molecule has 0 spiro atoms. The van der Waals surface area contributed by atoms with E-state index in [4.69, 9.17) is 4.52 Å². The van der Waals surface area contributed by atoms with Gasteiger partial charge in [-0.1, -0.05) is 28.9 Å². The number of benzene rings is 1. The topological polar surface area (TPSA) is 98.5 Å². The van der Waals surface area contributed by atoms with E-state index in [0.29, 0.717) is 17.0 Å². The van der Waals surface area contributed by atoms with E-state index in [2.05, 4.69) is 15.2 Å². The van der Waals surface area contributed by atoms with Crippen molar-refractivity contribution in [2.75, 3.05) is 13.1 Å². The van der Waals surface area contributed by atoms with Gasteiger partial charge in [-0.25, -0.2) is 13.9 Å². The summed E-state index contributed by atoms with van der Waals surface area (Å²) in [6, 6.07) is 11.3. The third-order valence-corrected chi connectivity index (χ3v) is 5.29. The molecule has 0 unspecified atom stereocenters. The second kappa shape index (κ2) is 7.25. The van der Waals surface area contributed by atoms with E-state index in [0.717, 1.165) is 37.1 Å². The Kier molecular flexibility index (Phi) is 4.42. The first-order chi connectivity index (χ1) is 14.6. The van der Waals surface area contributed by atoms with E-state index in [1.54, 1.807) is 23.2 Å². The zero-order chi connectivity index (χ0) is 20.7. The summed E-state index contributed by atoms with van der Waals surface area (Å²) in [5.74, 6) is 0.626. The third-order valence-electron chi connectivity index (χ3n) is 5.29. The summed E-state index contributed by atoms with van der Waals surface area (Å²) < 4.78 is 8.05. The van der Waals surface area contributed by atoms with E-state index in [-0.39, 0.29) is 24.0 Å². The van der Waals surface area contributed by atoms with Gasteiger partial charge in [0.15, 0.2) is 5.65 Å². The van der Waals surface area contributed by atoms with Crippen molar-refractivity contribution in [3.63, 3.8) is 0 Å². The average molecular weight is 404 g/mol. The van der Waals surface area contributed by atoms with Crippen LogP contribution in [0.25, 0.3) is 28.5 Å². The molecule has 0 saturated carbocycles. The molecule has 0 radical (unpaired) electrons. The number of likely N-dealkylation sites (tertiary alicyclic amines) is 1. The second-order valence-electron chi connectivity index (χ2n) is 7.44. The molecule has 0 bridgehead atoms. The molecule has 3 aromatic heterocycles. The molecule has 1 saturated heterocycles. The number of aryl methyl sites for hydroxylation is 1. The Morgan fingerprint density at radius 1 is 1.17 bits per heavy atom. The number of hydrogen-bond donors (Lipinski definition) is 0. The highest BCUT2D eigenvalue weighted by Gasteiger charge is 2.22. The van der Waals surface area contributed by atoms with Gasteiger partial charge in [-0.15, -0.1) is 5.10 Å². The molecule has 1 amide bonds. The summed E-state index contributed by atoms with van der Waals surface area (Å²) in [7, 11) is 0. The summed E-state index contributed by atoms with van der Waals surface area (Å²) >= 11 is 0. The van der Waals surface area contributed by atoms with Crippen molar-refractivity contribution in [2.24, 2.45) is 0 Å². The van der Waals surface area contributed by atoms with Gasteiger partial charge >= 0.3 is 5.69 Å². The predicted octanol–water partition coefficient (Wildman–Crippen LogP) is 2.14. The summed E-state index contributed by atoms with van der Waals surface area (Å²) in [6.07, 6.45) is 3.61. The largest absolute Gasteiger partial charge is 0.350 e. The Hall–Kier alpha value is -3.75. The van der Waals surface area contributed by atoms with Gasteiger partial charge in [0, 0.05) is 24.8 Å². The van der Waals surface area contributed by atoms with Gasteiger partial charge in [-0.05, 0) is 38.0 Å². The smallest absolute Gasteiger partial charge is 0.341 e. The SMILES string of the molecule is Cc1cccc(-c2noc(-c3cccn4c(=O)n(CC(=O)N5CCCC5)nc34)n2)c1. The minimum Gasteiger partial charge on any atom is -0.341 e. The van der Waals surface area contributed by atoms with Gasteiger partial charge < -0.3 is 9.42 Å². The molecule has 5 rings (SSSR count). The van der Waals surface area contributed by atoms with E-state index in [1.165, 1.54) is 9.08 Å². The van der Waals surface area contributed by atoms with Crippen molar-refractivity contribution in [2.45, 2.75) is 26.3 Å². The van der Waals surface area contributed by atoms with Crippen molar-refractivity contribution >= 4 is 11.6 Å². The number of nitrogens with zero attached hydrogens (tertiary/aromatic N) is 6. The van der Waals surface area contributed by atoms with Crippen LogP contribution in [0.4, 0.5) is 0 Å². The number of carbonyl (C=O) groups is 1. The van der Waals surface area contributed by atoms with Crippen LogP contribution in [0.1, 0.15) is 18.4 Å². The molecule has 0 atom stereocenters. The monoisotopic (exact) mass is 404 g/mol. The van der Waals surface area contributed by atoms with Gasteiger partial charge in [0.25, 0.3) is 5.89 Å². The van der Waals surface area contributed by atoms with Gasteiger partial charge in [-0.3, -0.25) is 4.79 Å². The van der Waals surface area contributed by atoms with Crippen molar-refractivity contribution in [1.29, 1.82) is 0 Å². The molecule has 30 heavy (non-hydrogen) atoms. The van der Waals surface area contributed by atoms with Crippen LogP contribution in [0.3, 0.4) is 0 Å². The quantitative estimate of drug-likeness (QED) is 0.517. The molecule has 0 aliphatic carbocycles. The fourth-order valence-corrected chi connectivity index (χ4v) is 3.74. The summed E-state index contributed by atoms with van der Waals surface area (Å²) in [5, 5.41) is 8.46. The molecule has 1 fully saturated rings. The van der Waals surface area contributed by atoms with Crippen LogP contribution in [0, 0.1) is 6.92 Å². The lowest BCUT2D eigenvalue weighted by molar-refractivity contribution is -0.131. The Bertz CT molecular complexity index is 1300. The fraction of sp³-hybridized carbons (Fsp3) is 0.286. The number of amides is 1. The van der Waals surface area contributed by atoms with Gasteiger partial charge in [0.2, 0.25) is 11.7 Å². The first-order valence-electron chi connectivity index (χ1n) is 9.87. The van der Waals surface area contributed by atoms with Crippen LogP contribution in [0.2, 0.25) is 0 Å². The first-order valence-corrected chi connectivity index (χ1v) is 9.87. The maximum absolute atomic E-state index is 12.8. The molecule has 152 valence electrons. The lowest BCUT2D eigenvalue weighted by atomic mass is 10.1. The molecule has 1 aliphatic rings. The van der Waals surface area contributed by atoms with Crippen LogP contribution >= 0.6 is 0 Å². The summed E-state index contributed by atoms with van der Waals surface area (Å²) in [4.78, 5) is 31.5. The van der Waals surface area contributed by atoms with Crippen molar-refractivity contribution in [1.82, 2.24) is 29.2 Å². The maximum Gasteiger partial charge on any atom is 0.350 e. The molecule has 4 heterocycles. The number of aromatic nitrogens is 5. The lowest BCUT2D eigenvalue weighted by Crippen LogP contribution is -2.34. The molecule has 9 heteroatoms. The lowest BCUT2D eigenvalue weighted by Gasteiger charge is -2.14. The zero-order valence-electron chi connectivity index (χ0n) is 16.5. The standard InChI is InChI=1S/C21H20N6O3/c1-14-6-4-7-15(12-14)18-22-20(30-24-18)16-8-5-11-26-19(16)23-27(21(26)29)13-17(28)25-9-2-3-10-25/h4-8,11-12H,2-3,9-10,13H2,1H3. The minimum absolute atomic E-state index is 0.0850. The Morgan fingerprint density at radius 3 is 2.80 bits per heavy atom. The van der Waals surface area contributed by atoms with Crippen molar-refractivity contribution < 1.29 is 9.32 Å². The van der Waals surface area contributed by atoms with Gasteiger partial charge in [0.1, 0.15) is 6.54 Å². The highest BCUT2D eigenvalue weighted by molar-refractivity contribution is 5.76. The Morgan fingerprint density at radius 2 is 2.00 bits per heavy atom. The van der Waals surface area contributed by atoms with E-state index >= 15 is 0 Å². The average Bonchev–Trinajstić information content (AvgIpc) is 3.49. The molecule has 1 aliphatic heterocycles. The number of carbonyl (C=O) groups excluding carboxylic acids is 1. The van der Waals surface area contributed by atoms with E-state index in [1.807, 2.05) is 31.2 Å². The Balaban J connectivity index is 1.51. The molecule has 1 aromatic carbocycles. The number of hydrogen-bond acceptors (Lipinski definition) is 6. The maximum atomic E-state index is 12.8. The Labute approximate surface area is 171 Å². The van der Waals surface area contributed by atoms with Crippen LogP contribution in [0.5, 0.6) is 0 Å². The molecular formula is C21H20N6O3. The van der Waals surface area contributed by atoms with Crippen molar-refractivity contribution in [3.8, 4) is 22.8 Å². The fourth-order valence-electron chi connectivity index (χ4n) is 3.74. The van der Waals surface area contributed by atoms with E-state index in [9.17, 15) is 9.59 Å². The highest BCUT2D eigenvalue weighted by atomic mass is 16.5. The molecular weight excluding hydrogens is 384 g/mol. The number of pyridine rings is 1. The minimum atomic E-state index is -0.377.